The van der Waals surface area contributed by atoms with Crippen LogP contribution in [0.4, 0.5) is 0 Å². The van der Waals surface area contributed by atoms with Crippen LogP contribution < -0.4 is 0 Å². The number of carbonyl (C=O) groups is 3. The lowest BCUT2D eigenvalue weighted by Gasteiger charge is -2.17. The summed E-state index contributed by atoms with van der Waals surface area (Å²) in [4.78, 5) is 50.9. The molecule has 206 valence electrons. The molecule has 3 fully saturated rings. The molecule has 18 heteroatoms. The molecule has 0 spiro atoms. The number of hydrogen-bond acceptors (Lipinski definition) is 10. The van der Waals surface area contributed by atoms with Crippen molar-refractivity contribution in [2.45, 2.75) is 16.0 Å². The van der Waals surface area contributed by atoms with Crippen LogP contribution in [0.3, 0.4) is 0 Å². The van der Waals surface area contributed by atoms with E-state index < -0.39 is 84.1 Å². The minimum Gasteiger partial charge on any atom is -0.298 e. The Bertz CT molecular complexity index is 1700. The van der Waals surface area contributed by atoms with Crippen molar-refractivity contribution in [1.82, 2.24) is 5.06 Å². The molecule has 2 heterocycles. The van der Waals surface area contributed by atoms with Crippen LogP contribution in [0, 0.1) is 28.6 Å². The Morgan fingerprint density at radius 2 is 1.33 bits per heavy atom. The number of rotatable bonds is 6. The predicted molar refractivity (Wildman–Crippen MR) is 133 cm³/mol. The summed E-state index contributed by atoms with van der Waals surface area (Å²) in [6.45, 7) is -0.569. The second kappa shape index (κ2) is 9.73. The Hall–Kier alpha value is -2.17. The number of imide groups is 1. The smallest absolute Gasteiger partial charge is 0.298 e. The highest BCUT2D eigenvalue weighted by molar-refractivity contribution is 7.87. The predicted octanol–water partition coefficient (Wildman–Crippen LogP) is 2.86. The van der Waals surface area contributed by atoms with E-state index in [0.29, 0.717) is 0 Å². The van der Waals surface area contributed by atoms with Crippen LogP contribution in [0.15, 0.2) is 46.2 Å². The van der Waals surface area contributed by atoms with Gasteiger partial charge in [0.05, 0.1) is 21.9 Å². The summed E-state index contributed by atoms with van der Waals surface area (Å²) in [5, 5.41) is -0.672. The maximum Gasteiger partial charge on any atom is 0.329 e. The van der Waals surface area contributed by atoms with Gasteiger partial charge in [-0.05, 0) is 36.4 Å². The van der Waals surface area contributed by atoms with Gasteiger partial charge < -0.3 is 0 Å². The molecule has 0 N–H and O–H groups in total. The molecule has 5 rings (SSSR count). The second-order valence-corrected chi connectivity index (χ2v) is 13.5. The Labute approximate surface area is 240 Å². The van der Waals surface area contributed by atoms with E-state index in [1.165, 1.54) is 18.2 Å². The Balaban J connectivity index is 1.42. The van der Waals surface area contributed by atoms with Crippen molar-refractivity contribution in [3.63, 3.8) is 0 Å². The zero-order chi connectivity index (χ0) is 28.6. The normalized spacial score (nSPS) is 26.9. The van der Waals surface area contributed by atoms with E-state index in [9.17, 15) is 36.1 Å². The Morgan fingerprint density at radius 1 is 0.795 bits per heavy atom. The molecule has 2 saturated heterocycles. The lowest BCUT2D eigenvalue weighted by molar-refractivity contribution is -0.603. The molecule has 0 bridgehead atoms. The summed E-state index contributed by atoms with van der Waals surface area (Å²) in [6, 6.07) is 6.89. The van der Waals surface area contributed by atoms with Crippen LogP contribution in [-0.2, 0) is 43.1 Å². The number of benzene rings is 2. The molecule has 2 amide bonds. The average molecular weight is 659 g/mol. The number of hydrogen-bond donors (Lipinski definition) is 0. The van der Waals surface area contributed by atoms with Crippen molar-refractivity contribution in [2.24, 2.45) is 23.7 Å². The van der Waals surface area contributed by atoms with Crippen molar-refractivity contribution >= 4 is 84.2 Å². The van der Waals surface area contributed by atoms with E-state index in [4.69, 9.17) is 54.9 Å². The molecule has 0 radical (unpaired) electrons. The molecule has 12 nitrogen and oxygen atoms in total. The minimum absolute atomic E-state index is 0.00151. The fourth-order valence-corrected chi connectivity index (χ4v) is 8.38. The summed E-state index contributed by atoms with van der Waals surface area (Å²) in [5.74, 6) is -9.40. The molecule has 5 atom stereocenters. The summed E-state index contributed by atoms with van der Waals surface area (Å²) in [6.07, 6.45) is -1.92. The molecule has 0 aromatic heterocycles. The number of ketones is 1. The van der Waals surface area contributed by atoms with E-state index in [-0.39, 0.29) is 29.9 Å². The van der Waals surface area contributed by atoms with Crippen LogP contribution >= 0.6 is 46.4 Å². The van der Waals surface area contributed by atoms with Crippen LogP contribution in [0.25, 0.3) is 0 Å². The number of Topliss-reactive ketones (excluding diaryl/α,β-unsaturated/α-hetero) is 1. The zero-order valence-electron chi connectivity index (χ0n) is 18.9. The number of nitroso groups, excluding NO2 is 1. The van der Waals surface area contributed by atoms with Gasteiger partial charge in [0.1, 0.15) is 21.6 Å². The standard InChI is InChI=1S/C21H13Cl4N2O10S2/c22-8-1-3-11(24)13(5-8)38(32,33)36-21-16-10(7-26(21)31)15-17(18(16)28)20(30)27(19(15)29)37-39(34,35)14-6-9(23)2-4-12(14)25/h1-6,10,15-17,21H,7H2/q+1. The van der Waals surface area contributed by atoms with Gasteiger partial charge in [0, 0.05) is 19.7 Å². The third-order valence-corrected chi connectivity index (χ3v) is 10.5. The van der Waals surface area contributed by atoms with Gasteiger partial charge in [-0.2, -0.15) is 21.0 Å². The van der Waals surface area contributed by atoms with E-state index in [2.05, 4.69) is 0 Å². The van der Waals surface area contributed by atoms with Crippen molar-refractivity contribution < 1.29 is 44.4 Å². The average Bonchev–Trinajstić information content (AvgIpc) is 3.40. The van der Waals surface area contributed by atoms with E-state index in [1.54, 1.807) is 0 Å². The summed E-state index contributed by atoms with van der Waals surface area (Å²) in [5.41, 5.74) is 0. The molecule has 2 aromatic rings. The number of amides is 2. The third kappa shape index (κ3) is 4.66. The maximum absolute atomic E-state index is 13.3. The number of nitrogens with zero attached hydrogens (tertiary/aromatic N) is 2. The lowest BCUT2D eigenvalue weighted by Crippen LogP contribution is -2.39. The largest absolute Gasteiger partial charge is 0.329 e. The Kier molecular flexibility index (Phi) is 7.08. The van der Waals surface area contributed by atoms with Crippen molar-refractivity contribution in [3.05, 3.63) is 61.4 Å². The summed E-state index contributed by atoms with van der Waals surface area (Å²) in [7, 11) is -9.59. The first kappa shape index (κ1) is 28.4. The summed E-state index contributed by atoms with van der Waals surface area (Å²) < 4.78 is 61.3. The molecule has 2 aromatic carbocycles. The highest BCUT2D eigenvalue weighted by Crippen LogP contribution is 2.51. The zero-order valence-corrected chi connectivity index (χ0v) is 23.5. The van der Waals surface area contributed by atoms with Gasteiger partial charge in [-0.3, -0.25) is 14.4 Å². The van der Waals surface area contributed by atoms with Gasteiger partial charge in [0.2, 0.25) is 0 Å². The first-order chi connectivity index (χ1) is 18.1. The number of carbonyl (C=O) groups excluding carboxylic acids is 3. The highest BCUT2D eigenvalue weighted by atomic mass is 35.5. The van der Waals surface area contributed by atoms with Gasteiger partial charge in [-0.25, -0.2) is 0 Å². The number of hydroxylamine groups is 2. The van der Waals surface area contributed by atoms with Crippen LogP contribution in [-0.4, -0.2) is 57.0 Å². The summed E-state index contributed by atoms with van der Waals surface area (Å²) >= 11 is 23.5. The van der Waals surface area contributed by atoms with E-state index in [1.807, 2.05) is 0 Å². The first-order valence-electron chi connectivity index (χ1n) is 10.8. The van der Waals surface area contributed by atoms with E-state index in [0.717, 1.165) is 18.2 Å². The SMILES string of the molecule is O=C1C2C(=O)N(OS(=O)(=O)c3cc(Cl)ccc3Cl)C(=O)C2C2C[N+](=O)C(OS(=O)(=O)c3cc(Cl)ccc3Cl)C12. The Morgan fingerprint density at radius 3 is 1.90 bits per heavy atom. The molecular formula is C21H13Cl4N2O10S2+. The van der Waals surface area contributed by atoms with Gasteiger partial charge >= 0.3 is 26.5 Å². The first-order valence-corrected chi connectivity index (χ1v) is 15.1. The number of fused-ring (bicyclic) bond motifs is 3. The molecular weight excluding hydrogens is 646 g/mol. The maximum atomic E-state index is 13.3. The molecule has 3 aliphatic rings. The lowest BCUT2D eigenvalue weighted by atomic mass is 9.90. The molecule has 1 aliphatic carbocycles. The topological polar surface area (TPSA) is 161 Å². The second-order valence-electron chi connectivity index (χ2n) is 8.79. The number of halogens is 4. The van der Waals surface area contributed by atoms with Crippen LogP contribution in [0.5, 0.6) is 0 Å². The molecule has 39 heavy (non-hydrogen) atoms. The molecule has 1 saturated carbocycles. The van der Waals surface area contributed by atoms with Crippen molar-refractivity contribution in [3.8, 4) is 0 Å². The fourth-order valence-electron chi connectivity index (χ4n) is 4.95. The third-order valence-electron chi connectivity index (χ3n) is 6.57. The highest BCUT2D eigenvalue weighted by Gasteiger charge is 2.73. The van der Waals surface area contributed by atoms with Gasteiger partial charge in [0.25, 0.3) is 11.8 Å². The molecule has 5 unspecified atom stereocenters. The van der Waals surface area contributed by atoms with E-state index >= 15 is 0 Å². The molecule has 2 aliphatic heterocycles. The monoisotopic (exact) mass is 657 g/mol. The minimum atomic E-state index is -4.86. The van der Waals surface area contributed by atoms with Gasteiger partial charge in [0.15, 0.2) is 12.3 Å². The van der Waals surface area contributed by atoms with Gasteiger partial charge in [-0.1, -0.05) is 46.4 Å². The van der Waals surface area contributed by atoms with Gasteiger partial charge in [-0.15, -0.1) is 9.35 Å². The van der Waals surface area contributed by atoms with Crippen LogP contribution in [0.1, 0.15) is 0 Å². The van der Waals surface area contributed by atoms with Crippen molar-refractivity contribution in [1.29, 1.82) is 0 Å². The van der Waals surface area contributed by atoms with Crippen LogP contribution in [0.2, 0.25) is 20.1 Å². The van der Waals surface area contributed by atoms with Crippen molar-refractivity contribution in [2.75, 3.05) is 6.54 Å². The fraction of sp³-hybridized carbons (Fsp3) is 0.286. The quantitative estimate of drug-likeness (QED) is 0.195.